The molecule has 2 aliphatic heterocycles. The third kappa shape index (κ3) is 4.72. The number of aromatic nitrogens is 2. The minimum absolute atomic E-state index is 0.00785. The molecule has 1 atom stereocenters. The Balaban J connectivity index is 1.31. The molecule has 5 heterocycles. The van der Waals surface area contributed by atoms with Crippen LogP contribution in [0.1, 0.15) is 27.9 Å². The largest absolute Gasteiger partial charge is 0.452 e. The number of carbonyl (C=O) groups excluding carboxylic acids is 1. The molecule has 0 spiro atoms. The van der Waals surface area contributed by atoms with Crippen molar-refractivity contribution in [3.63, 3.8) is 0 Å². The van der Waals surface area contributed by atoms with Crippen LogP contribution in [0.2, 0.25) is 0 Å². The first-order valence-corrected chi connectivity index (χ1v) is 13.2. The number of piperazine rings is 1. The number of fused-ring (bicyclic) bond motifs is 1. The van der Waals surface area contributed by atoms with Gasteiger partial charge in [0.2, 0.25) is 0 Å². The topological polar surface area (TPSA) is 89.5 Å². The quantitative estimate of drug-likeness (QED) is 0.383. The van der Waals surface area contributed by atoms with Crippen LogP contribution in [0.4, 0.5) is 10.1 Å². The summed E-state index contributed by atoms with van der Waals surface area (Å²) < 4.78 is 20.1. The Bertz CT molecular complexity index is 1600. The van der Waals surface area contributed by atoms with Gasteiger partial charge in [0.25, 0.3) is 5.91 Å². The molecule has 198 valence electrons. The first-order valence-electron chi connectivity index (χ1n) is 13.2. The van der Waals surface area contributed by atoms with E-state index in [4.69, 9.17) is 4.42 Å². The van der Waals surface area contributed by atoms with E-state index in [0.717, 1.165) is 35.5 Å². The molecule has 2 aliphatic rings. The van der Waals surface area contributed by atoms with Gasteiger partial charge >= 0.3 is 0 Å². The number of pyridine rings is 2. The van der Waals surface area contributed by atoms with Gasteiger partial charge in [-0.25, -0.2) is 4.39 Å². The highest BCUT2D eigenvalue weighted by atomic mass is 19.1. The summed E-state index contributed by atoms with van der Waals surface area (Å²) in [5, 5.41) is 9.83. The van der Waals surface area contributed by atoms with Gasteiger partial charge < -0.3 is 19.1 Å². The highest BCUT2D eigenvalue weighted by Crippen LogP contribution is 2.36. The molecule has 0 aliphatic carbocycles. The van der Waals surface area contributed by atoms with E-state index >= 15 is 0 Å². The number of aryl methyl sites for hydroxylation is 1. The summed E-state index contributed by atoms with van der Waals surface area (Å²) in [7, 11) is 2.06. The number of carbonyl (C=O) groups is 1. The molecular formula is C30H29FN6O2. The summed E-state index contributed by atoms with van der Waals surface area (Å²) in [5.74, 6) is 0.552. The molecule has 9 heteroatoms. The molecule has 4 aromatic rings. The first-order chi connectivity index (χ1) is 18.9. The number of furan rings is 1. The second kappa shape index (κ2) is 10.1. The van der Waals surface area contributed by atoms with Crippen molar-refractivity contribution in [1.82, 2.24) is 19.8 Å². The summed E-state index contributed by atoms with van der Waals surface area (Å²) in [6, 6.07) is 13.5. The maximum atomic E-state index is 13.8. The fourth-order valence-corrected chi connectivity index (χ4v) is 5.43. The number of likely N-dealkylation sites (N-methyl/N-ethyl adjacent to an activating group) is 1. The molecular weight excluding hydrogens is 495 g/mol. The minimum atomic E-state index is -0.867. The number of anilines is 1. The maximum absolute atomic E-state index is 13.8. The van der Waals surface area contributed by atoms with Gasteiger partial charge in [0.15, 0.2) is 11.3 Å². The van der Waals surface area contributed by atoms with Crippen molar-refractivity contribution in [3.05, 3.63) is 65.5 Å². The van der Waals surface area contributed by atoms with E-state index < -0.39 is 6.17 Å². The smallest absolute Gasteiger partial charge is 0.255 e. The van der Waals surface area contributed by atoms with Gasteiger partial charge in [-0.05, 0) is 55.8 Å². The van der Waals surface area contributed by atoms with E-state index in [1.54, 1.807) is 12.4 Å². The van der Waals surface area contributed by atoms with Gasteiger partial charge in [-0.2, -0.15) is 5.26 Å². The van der Waals surface area contributed by atoms with Crippen molar-refractivity contribution in [2.75, 3.05) is 51.2 Å². The molecule has 8 nitrogen and oxygen atoms in total. The first kappa shape index (κ1) is 25.0. The summed E-state index contributed by atoms with van der Waals surface area (Å²) in [6.45, 7) is 5.96. The molecule has 0 unspecified atom stereocenters. The van der Waals surface area contributed by atoms with Crippen molar-refractivity contribution < 1.29 is 13.6 Å². The van der Waals surface area contributed by atoms with E-state index in [9.17, 15) is 14.4 Å². The standard InChI is InChI=1S/C30H29FN6O2/c1-19-13-22(30(38)36-11-9-35(2)10-12-36)17-34-28(19)27-15-25-29(39-27)24(5-7-33-25)20-3-4-26(21(14-20)16-32)37-8-6-23(31)18-37/h3-5,7,13-15,17,23H,6,8-12,18H2,1-2H3/t23-/m1/s1. The average Bonchev–Trinajstić information content (AvgIpc) is 3.58. The Hall–Kier alpha value is -4.29. The lowest BCUT2D eigenvalue weighted by atomic mass is 10.0. The highest BCUT2D eigenvalue weighted by Gasteiger charge is 2.25. The van der Waals surface area contributed by atoms with E-state index in [-0.39, 0.29) is 5.91 Å². The Morgan fingerprint density at radius 2 is 1.92 bits per heavy atom. The minimum Gasteiger partial charge on any atom is -0.452 e. The number of alkyl halides is 1. The fraction of sp³-hybridized carbons (Fsp3) is 0.333. The van der Waals surface area contributed by atoms with Gasteiger partial charge in [-0.3, -0.25) is 14.8 Å². The number of amides is 1. The summed E-state index contributed by atoms with van der Waals surface area (Å²) in [5.41, 5.74) is 6.18. The molecule has 1 amide bonds. The Morgan fingerprint density at radius 1 is 1.10 bits per heavy atom. The van der Waals surface area contributed by atoms with Crippen LogP contribution < -0.4 is 4.90 Å². The van der Waals surface area contributed by atoms with Crippen molar-refractivity contribution in [2.24, 2.45) is 0 Å². The van der Waals surface area contributed by atoms with Crippen LogP contribution in [0.5, 0.6) is 0 Å². The summed E-state index contributed by atoms with van der Waals surface area (Å²) >= 11 is 0. The monoisotopic (exact) mass is 524 g/mol. The third-order valence-electron chi connectivity index (χ3n) is 7.66. The van der Waals surface area contributed by atoms with E-state index in [0.29, 0.717) is 66.3 Å². The van der Waals surface area contributed by atoms with Crippen molar-refractivity contribution >= 4 is 22.7 Å². The molecule has 0 saturated carbocycles. The zero-order chi connectivity index (χ0) is 27.1. The van der Waals surface area contributed by atoms with Gasteiger partial charge in [-0.15, -0.1) is 0 Å². The van der Waals surface area contributed by atoms with Crippen LogP contribution in [0.3, 0.4) is 0 Å². The van der Waals surface area contributed by atoms with Crippen LogP contribution in [0, 0.1) is 18.3 Å². The molecule has 3 aromatic heterocycles. The maximum Gasteiger partial charge on any atom is 0.255 e. The van der Waals surface area contributed by atoms with Gasteiger partial charge in [0.1, 0.15) is 23.5 Å². The van der Waals surface area contributed by atoms with Crippen LogP contribution in [-0.4, -0.2) is 78.2 Å². The molecule has 6 rings (SSSR count). The predicted molar refractivity (Wildman–Crippen MR) is 147 cm³/mol. The number of hydrogen-bond acceptors (Lipinski definition) is 7. The van der Waals surface area contributed by atoms with Crippen LogP contribution in [-0.2, 0) is 0 Å². The van der Waals surface area contributed by atoms with Crippen LogP contribution in [0.25, 0.3) is 33.7 Å². The predicted octanol–water partition coefficient (Wildman–Crippen LogP) is 4.67. The normalized spacial score (nSPS) is 18.1. The number of hydrogen-bond donors (Lipinski definition) is 0. The molecule has 2 fully saturated rings. The van der Waals surface area contributed by atoms with Crippen molar-refractivity contribution in [3.8, 4) is 28.7 Å². The molecule has 1 aromatic carbocycles. The summed E-state index contributed by atoms with van der Waals surface area (Å²) in [6.07, 6.45) is 2.94. The zero-order valence-corrected chi connectivity index (χ0v) is 22.0. The van der Waals surface area contributed by atoms with Gasteiger partial charge in [-0.1, -0.05) is 6.07 Å². The fourth-order valence-electron chi connectivity index (χ4n) is 5.43. The van der Waals surface area contributed by atoms with E-state index in [1.165, 1.54) is 0 Å². The van der Waals surface area contributed by atoms with Crippen LogP contribution >= 0.6 is 0 Å². The lowest BCUT2D eigenvalue weighted by Gasteiger charge is -2.32. The Kier molecular flexibility index (Phi) is 6.49. The van der Waals surface area contributed by atoms with E-state index in [1.807, 2.05) is 53.1 Å². The molecule has 0 bridgehead atoms. The summed E-state index contributed by atoms with van der Waals surface area (Å²) in [4.78, 5) is 28.1. The molecule has 0 radical (unpaired) electrons. The molecule has 2 saturated heterocycles. The second-order valence-corrected chi connectivity index (χ2v) is 10.3. The van der Waals surface area contributed by atoms with E-state index in [2.05, 4.69) is 28.0 Å². The van der Waals surface area contributed by atoms with Crippen LogP contribution in [0.15, 0.2) is 53.2 Å². The highest BCUT2D eigenvalue weighted by molar-refractivity contribution is 5.95. The number of nitrogens with zero attached hydrogens (tertiary/aromatic N) is 6. The lowest BCUT2D eigenvalue weighted by Crippen LogP contribution is -2.47. The van der Waals surface area contributed by atoms with Gasteiger partial charge in [0, 0.05) is 63.3 Å². The average molecular weight is 525 g/mol. The number of halogens is 1. The second-order valence-electron chi connectivity index (χ2n) is 10.3. The molecule has 39 heavy (non-hydrogen) atoms. The SMILES string of the molecule is Cc1cc(C(=O)N2CCN(C)CC2)cnc1-c1cc2nccc(-c3ccc(N4CC[C@@H](F)C4)c(C#N)c3)c2o1. The van der Waals surface area contributed by atoms with Crippen molar-refractivity contribution in [1.29, 1.82) is 5.26 Å². The van der Waals surface area contributed by atoms with Gasteiger partial charge in [0.05, 0.1) is 16.8 Å². The third-order valence-corrected chi connectivity index (χ3v) is 7.66. The molecule has 0 N–H and O–H groups in total. The van der Waals surface area contributed by atoms with Crippen molar-refractivity contribution in [2.45, 2.75) is 19.5 Å². The number of rotatable bonds is 4. The Labute approximate surface area is 226 Å². The number of benzene rings is 1. The zero-order valence-electron chi connectivity index (χ0n) is 22.0. The Morgan fingerprint density at radius 3 is 2.64 bits per heavy atom. The lowest BCUT2D eigenvalue weighted by molar-refractivity contribution is 0.0663. The number of nitriles is 1.